The highest BCUT2D eigenvalue weighted by molar-refractivity contribution is 7.10. The predicted molar refractivity (Wildman–Crippen MR) is 87.8 cm³/mol. The molecule has 4 nitrogen and oxygen atoms in total. The number of hydrogen-bond donors (Lipinski definition) is 0. The lowest BCUT2D eigenvalue weighted by molar-refractivity contribution is -0.159. The minimum Gasteiger partial charge on any atom is -0.384 e. The van der Waals surface area contributed by atoms with Gasteiger partial charge in [0.05, 0.1) is 12.7 Å². The van der Waals surface area contributed by atoms with E-state index in [2.05, 4.69) is 0 Å². The zero-order valence-corrected chi connectivity index (χ0v) is 13.8. The summed E-state index contributed by atoms with van der Waals surface area (Å²) in [6, 6.07) is 4.01. The maximum atomic E-state index is 12.5. The largest absolute Gasteiger partial charge is 0.384 e. The lowest BCUT2D eigenvalue weighted by Crippen LogP contribution is -2.57. The molecule has 2 aliphatic heterocycles. The molecular formula is C17H23NO3S. The summed E-state index contributed by atoms with van der Waals surface area (Å²) in [5.41, 5.74) is -0.0301. The Hall–Kier alpha value is -1.17. The molecule has 1 amide bonds. The molecule has 5 heteroatoms. The van der Waals surface area contributed by atoms with Gasteiger partial charge in [0.2, 0.25) is 5.91 Å². The molecule has 3 heterocycles. The number of piperidine rings is 1. The van der Waals surface area contributed by atoms with Crippen molar-refractivity contribution in [2.24, 2.45) is 5.41 Å². The Labute approximate surface area is 135 Å². The molecule has 1 aromatic heterocycles. The topological polar surface area (TPSA) is 38.8 Å². The number of hydrogen-bond acceptors (Lipinski definition) is 4. The third-order valence-corrected chi connectivity index (χ3v) is 5.50. The second-order valence-corrected chi connectivity index (χ2v) is 7.13. The van der Waals surface area contributed by atoms with Crippen molar-refractivity contribution in [2.45, 2.75) is 25.4 Å². The zero-order valence-electron chi connectivity index (χ0n) is 13.0. The zero-order chi connectivity index (χ0) is 15.4. The molecule has 0 aromatic carbocycles. The number of fused-ring (bicyclic) bond motifs is 1. The number of carbonyl (C=O) groups excluding carboxylic acids is 1. The number of likely N-dealkylation sites (tertiary alicyclic amines) is 1. The Morgan fingerprint density at radius 3 is 3.32 bits per heavy atom. The quantitative estimate of drug-likeness (QED) is 0.801. The predicted octanol–water partition coefficient (Wildman–Crippen LogP) is 2.81. The summed E-state index contributed by atoms with van der Waals surface area (Å²) < 4.78 is 11.4. The van der Waals surface area contributed by atoms with Gasteiger partial charge in [0.1, 0.15) is 0 Å². The molecule has 0 aliphatic carbocycles. The van der Waals surface area contributed by atoms with E-state index in [0.29, 0.717) is 6.61 Å². The van der Waals surface area contributed by atoms with E-state index in [1.807, 2.05) is 28.5 Å². The van der Waals surface area contributed by atoms with E-state index in [1.54, 1.807) is 24.5 Å². The first-order valence-electron chi connectivity index (χ1n) is 7.84. The van der Waals surface area contributed by atoms with Crippen LogP contribution in [0.15, 0.2) is 23.6 Å². The number of rotatable bonds is 4. The smallest absolute Gasteiger partial charge is 0.246 e. The first-order valence-corrected chi connectivity index (χ1v) is 8.72. The van der Waals surface area contributed by atoms with Crippen LogP contribution in [0.4, 0.5) is 0 Å². The molecule has 1 aromatic rings. The number of thiophene rings is 1. The minimum atomic E-state index is -0.0301. The van der Waals surface area contributed by atoms with Gasteiger partial charge in [-0.25, -0.2) is 0 Å². The van der Waals surface area contributed by atoms with Gasteiger partial charge < -0.3 is 14.4 Å². The molecule has 3 rings (SSSR count). The number of nitrogens with zero attached hydrogens (tertiary/aromatic N) is 1. The molecule has 22 heavy (non-hydrogen) atoms. The van der Waals surface area contributed by atoms with Crippen molar-refractivity contribution in [3.05, 3.63) is 28.5 Å². The van der Waals surface area contributed by atoms with E-state index in [9.17, 15) is 4.79 Å². The van der Waals surface area contributed by atoms with Crippen LogP contribution in [0.5, 0.6) is 0 Å². The summed E-state index contributed by atoms with van der Waals surface area (Å²) in [5, 5.41) is 2.02. The van der Waals surface area contributed by atoms with E-state index < -0.39 is 0 Å². The van der Waals surface area contributed by atoms with Gasteiger partial charge in [-0.3, -0.25) is 4.79 Å². The molecule has 0 bridgehead atoms. The summed E-state index contributed by atoms with van der Waals surface area (Å²) in [5.74, 6) is 0.0906. The van der Waals surface area contributed by atoms with Gasteiger partial charge in [-0.2, -0.15) is 0 Å². The van der Waals surface area contributed by atoms with E-state index >= 15 is 0 Å². The maximum Gasteiger partial charge on any atom is 0.246 e. The summed E-state index contributed by atoms with van der Waals surface area (Å²) >= 11 is 1.64. The van der Waals surface area contributed by atoms with Crippen molar-refractivity contribution in [1.29, 1.82) is 0 Å². The number of ether oxygens (including phenoxy) is 2. The fraction of sp³-hybridized carbons (Fsp3) is 0.588. The molecule has 0 radical (unpaired) electrons. The van der Waals surface area contributed by atoms with Gasteiger partial charge in [0.25, 0.3) is 0 Å². The van der Waals surface area contributed by atoms with Crippen LogP contribution in [0.3, 0.4) is 0 Å². The van der Waals surface area contributed by atoms with Crippen LogP contribution in [0.25, 0.3) is 6.08 Å². The van der Waals surface area contributed by atoms with Crippen molar-refractivity contribution in [3.8, 4) is 0 Å². The highest BCUT2D eigenvalue weighted by Crippen LogP contribution is 2.40. The summed E-state index contributed by atoms with van der Waals surface area (Å²) in [6.07, 6.45) is 6.85. The lowest BCUT2D eigenvalue weighted by atomic mass is 9.73. The molecule has 2 saturated heterocycles. The van der Waals surface area contributed by atoms with Gasteiger partial charge in [0, 0.05) is 43.2 Å². The van der Waals surface area contributed by atoms with E-state index in [-0.39, 0.29) is 17.4 Å². The third kappa shape index (κ3) is 3.26. The fourth-order valence-corrected chi connectivity index (χ4v) is 4.24. The van der Waals surface area contributed by atoms with Crippen molar-refractivity contribution < 1.29 is 14.3 Å². The molecule has 0 unspecified atom stereocenters. The normalized spacial score (nSPS) is 28.8. The Morgan fingerprint density at radius 1 is 1.64 bits per heavy atom. The molecule has 0 spiro atoms. The van der Waals surface area contributed by atoms with Gasteiger partial charge >= 0.3 is 0 Å². The van der Waals surface area contributed by atoms with Crippen molar-refractivity contribution in [1.82, 2.24) is 4.90 Å². The maximum absolute atomic E-state index is 12.5. The number of amides is 1. The van der Waals surface area contributed by atoms with Gasteiger partial charge in [0.15, 0.2) is 0 Å². The molecule has 2 fully saturated rings. The Morgan fingerprint density at radius 2 is 2.55 bits per heavy atom. The van der Waals surface area contributed by atoms with Gasteiger partial charge in [-0.15, -0.1) is 11.3 Å². The van der Waals surface area contributed by atoms with Gasteiger partial charge in [-0.05, 0) is 36.8 Å². The molecule has 0 saturated carbocycles. The van der Waals surface area contributed by atoms with Crippen LogP contribution in [0, 0.1) is 5.41 Å². The SMILES string of the molecule is COC[C@]12CCCO[C@H]1CCN(C(=O)/C=C/c1cccs1)C2. The monoisotopic (exact) mass is 321 g/mol. The number of carbonyl (C=O) groups is 1. The van der Waals surface area contributed by atoms with Crippen LogP contribution >= 0.6 is 11.3 Å². The van der Waals surface area contributed by atoms with Crippen molar-refractivity contribution >= 4 is 23.3 Å². The average Bonchev–Trinajstić information content (AvgIpc) is 3.05. The lowest BCUT2D eigenvalue weighted by Gasteiger charge is -2.50. The molecule has 2 aliphatic rings. The Kier molecular flexibility index (Phi) is 4.96. The van der Waals surface area contributed by atoms with Crippen LogP contribution in [-0.4, -0.2) is 50.3 Å². The van der Waals surface area contributed by atoms with E-state index in [1.165, 1.54) is 0 Å². The summed E-state index contributed by atoms with van der Waals surface area (Å²) in [4.78, 5) is 15.5. The minimum absolute atomic E-state index is 0.0301. The standard InChI is InChI=1S/C17H23NO3S/c1-20-13-17-8-3-10-21-15(17)7-9-18(12-17)16(19)6-5-14-4-2-11-22-14/h2,4-6,11,15H,3,7-10,12-13H2,1H3/b6-5+/t15-,17+/m0/s1. The molecular weight excluding hydrogens is 298 g/mol. The highest BCUT2D eigenvalue weighted by atomic mass is 32.1. The van der Waals surface area contributed by atoms with Crippen LogP contribution in [-0.2, 0) is 14.3 Å². The number of methoxy groups -OCH3 is 1. The van der Waals surface area contributed by atoms with Crippen LogP contribution in [0.1, 0.15) is 24.1 Å². The Balaban J connectivity index is 1.68. The second kappa shape index (κ2) is 6.94. The molecule has 120 valence electrons. The Bertz CT molecular complexity index is 524. The second-order valence-electron chi connectivity index (χ2n) is 6.16. The summed E-state index contributed by atoms with van der Waals surface area (Å²) in [7, 11) is 1.73. The van der Waals surface area contributed by atoms with Crippen molar-refractivity contribution in [3.63, 3.8) is 0 Å². The fourth-order valence-electron chi connectivity index (χ4n) is 3.62. The highest BCUT2D eigenvalue weighted by Gasteiger charge is 2.46. The van der Waals surface area contributed by atoms with Gasteiger partial charge in [-0.1, -0.05) is 6.07 Å². The first-order chi connectivity index (χ1) is 10.7. The van der Waals surface area contributed by atoms with Crippen LogP contribution in [0.2, 0.25) is 0 Å². The van der Waals surface area contributed by atoms with E-state index in [4.69, 9.17) is 9.47 Å². The summed E-state index contributed by atoms with van der Waals surface area (Å²) in [6.45, 7) is 3.00. The first kappa shape index (κ1) is 15.7. The van der Waals surface area contributed by atoms with Crippen molar-refractivity contribution in [2.75, 3.05) is 33.4 Å². The van der Waals surface area contributed by atoms with Crippen LogP contribution < -0.4 is 0 Å². The van der Waals surface area contributed by atoms with E-state index in [0.717, 1.165) is 43.8 Å². The average molecular weight is 321 g/mol. The molecule has 2 atom stereocenters. The third-order valence-electron chi connectivity index (χ3n) is 4.66. The molecule has 0 N–H and O–H groups in total.